The first-order valence-electron chi connectivity index (χ1n) is 15.6. The lowest BCUT2D eigenvalue weighted by Crippen LogP contribution is -2.53. The maximum absolute atomic E-state index is 14.6. The lowest BCUT2D eigenvalue weighted by atomic mass is 10.0. The number of hydrogen-bond acceptors (Lipinski definition) is 5. The van der Waals surface area contributed by atoms with Crippen molar-refractivity contribution >= 4 is 39.1 Å². The number of amides is 2. The van der Waals surface area contributed by atoms with E-state index in [9.17, 15) is 18.0 Å². The van der Waals surface area contributed by atoms with Gasteiger partial charge in [-0.2, -0.15) is 0 Å². The summed E-state index contributed by atoms with van der Waals surface area (Å²) < 4.78 is 35.2. The zero-order valence-corrected chi connectivity index (χ0v) is 28.9. The number of unbranched alkanes of at least 4 members (excludes halogenated alkanes) is 1. The minimum Gasteiger partial charge on any atom is -0.495 e. The Bertz CT molecular complexity index is 1750. The van der Waals surface area contributed by atoms with Crippen molar-refractivity contribution in [2.45, 2.75) is 57.5 Å². The minimum absolute atomic E-state index is 0.00107. The van der Waals surface area contributed by atoms with Gasteiger partial charge in [-0.05, 0) is 61.7 Å². The molecule has 2 amide bonds. The Morgan fingerprint density at radius 2 is 1.51 bits per heavy atom. The predicted molar refractivity (Wildman–Crippen MR) is 187 cm³/mol. The molecule has 0 saturated heterocycles. The largest absolute Gasteiger partial charge is 0.495 e. The number of rotatable bonds is 15. The molecule has 0 aliphatic rings. The Labute approximate surface area is 283 Å². The van der Waals surface area contributed by atoms with E-state index in [0.717, 1.165) is 39.4 Å². The van der Waals surface area contributed by atoms with Crippen LogP contribution in [0.5, 0.6) is 5.75 Å². The fourth-order valence-corrected chi connectivity index (χ4v) is 6.74. The molecule has 0 heterocycles. The Morgan fingerprint density at radius 3 is 2.13 bits per heavy atom. The Hall–Kier alpha value is -4.34. The Balaban J connectivity index is 1.83. The molecular weight excluding hydrogens is 634 g/mol. The third-order valence-electron chi connectivity index (χ3n) is 7.87. The molecule has 0 aliphatic heterocycles. The maximum Gasteiger partial charge on any atom is 0.264 e. The molecule has 0 unspecified atom stereocenters. The number of hydrogen-bond donors (Lipinski definition) is 1. The van der Waals surface area contributed by atoms with E-state index in [1.807, 2.05) is 75.4 Å². The van der Waals surface area contributed by atoms with Crippen molar-refractivity contribution < 1.29 is 22.7 Å². The van der Waals surface area contributed by atoms with Gasteiger partial charge in [-0.3, -0.25) is 13.9 Å². The highest BCUT2D eigenvalue weighted by atomic mass is 35.5. The summed E-state index contributed by atoms with van der Waals surface area (Å²) in [6.45, 7) is 5.81. The number of anilines is 1. The lowest BCUT2D eigenvalue weighted by Gasteiger charge is -2.34. The molecular formula is C37H42ClN3O5S. The van der Waals surface area contributed by atoms with Crippen LogP contribution in [0.1, 0.15) is 42.0 Å². The Kier molecular flexibility index (Phi) is 12.4. The minimum atomic E-state index is -4.30. The first kappa shape index (κ1) is 35.5. The molecule has 1 atom stereocenters. The second-order valence-corrected chi connectivity index (χ2v) is 13.8. The van der Waals surface area contributed by atoms with Crippen LogP contribution in [0.4, 0.5) is 5.69 Å². The van der Waals surface area contributed by atoms with Crippen molar-refractivity contribution in [1.82, 2.24) is 10.2 Å². The van der Waals surface area contributed by atoms with Crippen molar-refractivity contribution in [3.05, 3.63) is 124 Å². The van der Waals surface area contributed by atoms with Gasteiger partial charge in [0.15, 0.2) is 0 Å². The molecule has 47 heavy (non-hydrogen) atoms. The molecule has 0 aromatic heterocycles. The second kappa shape index (κ2) is 16.5. The summed E-state index contributed by atoms with van der Waals surface area (Å²) in [6, 6.07) is 27.3. The van der Waals surface area contributed by atoms with Crippen LogP contribution >= 0.6 is 11.6 Å². The predicted octanol–water partition coefficient (Wildman–Crippen LogP) is 6.72. The van der Waals surface area contributed by atoms with Gasteiger partial charge in [-0.15, -0.1) is 0 Å². The molecule has 248 valence electrons. The number of carbonyl (C=O) groups excluding carboxylic acids is 2. The van der Waals surface area contributed by atoms with Crippen molar-refractivity contribution in [3.63, 3.8) is 0 Å². The highest BCUT2D eigenvalue weighted by molar-refractivity contribution is 7.92. The van der Waals surface area contributed by atoms with Crippen LogP contribution < -0.4 is 14.4 Å². The number of benzene rings is 4. The molecule has 4 rings (SSSR count). The molecule has 10 heteroatoms. The normalized spacial score (nSPS) is 11.9. The van der Waals surface area contributed by atoms with Crippen LogP contribution in [0, 0.1) is 13.8 Å². The second-order valence-electron chi connectivity index (χ2n) is 11.5. The van der Waals surface area contributed by atoms with Gasteiger partial charge in [0.2, 0.25) is 11.8 Å². The number of carbonyl (C=O) groups is 2. The third kappa shape index (κ3) is 9.36. The van der Waals surface area contributed by atoms with Gasteiger partial charge in [0.05, 0.1) is 17.7 Å². The summed E-state index contributed by atoms with van der Waals surface area (Å²) in [5, 5.41) is 3.27. The van der Waals surface area contributed by atoms with E-state index in [4.69, 9.17) is 16.3 Å². The number of sulfonamides is 1. The van der Waals surface area contributed by atoms with Gasteiger partial charge in [0.1, 0.15) is 18.3 Å². The molecule has 4 aromatic rings. The number of nitrogens with one attached hydrogen (secondary N) is 1. The van der Waals surface area contributed by atoms with Gasteiger partial charge in [-0.25, -0.2) is 8.42 Å². The highest BCUT2D eigenvalue weighted by Crippen LogP contribution is 2.35. The van der Waals surface area contributed by atoms with Crippen molar-refractivity contribution in [1.29, 1.82) is 0 Å². The summed E-state index contributed by atoms with van der Waals surface area (Å²) in [7, 11) is -2.88. The van der Waals surface area contributed by atoms with Crippen molar-refractivity contribution in [2.24, 2.45) is 0 Å². The number of nitrogens with zero attached hydrogens (tertiary/aromatic N) is 2. The van der Waals surface area contributed by atoms with Crippen LogP contribution in [0.25, 0.3) is 0 Å². The van der Waals surface area contributed by atoms with E-state index in [1.54, 1.807) is 24.3 Å². The van der Waals surface area contributed by atoms with Crippen LogP contribution in [0.2, 0.25) is 5.02 Å². The number of ether oxygens (including phenoxy) is 1. The SMILES string of the molecule is CCCCNC(=O)[C@@H](Cc1ccccc1)N(Cc1ccc(C)cc1)C(=O)CN(c1cc(Cl)ccc1OC)S(=O)(=O)c1ccc(C)cc1. The van der Waals surface area contributed by atoms with Gasteiger partial charge in [0, 0.05) is 24.5 Å². The van der Waals surface area contributed by atoms with E-state index in [0.29, 0.717) is 6.54 Å². The number of methoxy groups -OCH3 is 1. The van der Waals surface area contributed by atoms with Crippen molar-refractivity contribution in [3.8, 4) is 5.75 Å². The summed E-state index contributed by atoms with van der Waals surface area (Å²) in [4.78, 5) is 30.0. The fraction of sp³-hybridized carbons (Fsp3) is 0.297. The smallest absolute Gasteiger partial charge is 0.264 e. The van der Waals surface area contributed by atoms with Crippen LogP contribution in [-0.2, 0) is 32.6 Å². The first-order chi connectivity index (χ1) is 22.5. The standard InChI is InChI=1S/C37H42ClN3O5S/c1-5-6-22-39-37(43)34(23-29-10-8-7-9-11-29)40(25-30-16-12-27(2)13-17-30)36(42)26-41(33-24-31(38)18-21-35(33)46-4)47(44,45)32-19-14-28(3)15-20-32/h7-21,24,34H,5-6,22-23,25-26H2,1-4H3,(H,39,43)/t34-/m1/s1. The monoisotopic (exact) mass is 675 g/mol. The fourth-order valence-electron chi connectivity index (χ4n) is 5.16. The van der Waals surface area contributed by atoms with Crippen LogP contribution in [0.15, 0.2) is 102 Å². The topological polar surface area (TPSA) is 96.0 Å². The summed E-state index contributed by atoms with van der Waals surface area (Å²) in [5.74, 6) is -0.646. The van der Waals surface area contributed by atoms with E-state index >= 15 is 0 Å². The van der Waals surface area contributed by atoms with Crippen LogP contribution in [-0.4, -0.2) is 51.4 Å². The van der Waals surface area contributed by atoms with E-state index in [2.05, 4.69) is 5.32 Å². The summed E-state index contributed by atoms with van der Waals surface area (Å²) in [6.07, 6.45) is 1.91. The van der Waals surface area contributed by atoms with Gasteiger partial charge in [-0.1, -0.05) is 103 Å². The Morgan fingerprint density at radius 1 is 0.872 bits per heavy atom. The van der Waals surface area contributed by atoms with E-state index in [1.165, 1.54) is 30.2 Å². The number of aryl methyl sites for hydroxylation is 2. The molecule has 0 saturated carbocycles. The van der Waals surface area contributed by atoms with E-state index in [-0.39, 0.29) is 40.2 Å². The quantitative estimate of drug-likeness (QED) is 0.141. The zero-order valence-electron chi connectivity index (χ0n) is 27.3. The molecule has 0 fully saturated rings. The maximum atomic E-state index is 14.6. The summed E-state index contributed by atoms with van der Waals surface area (Å²) >= 11 is 6.37. The summed E-state index contributed by atoms with van der Waals surface area (Å²) in [5.41, 5.74) is 3.71. The lowest BCUT2D eigenvalue weighted by molar-refractivity contribution is -0.140. The molecule has 1 N–H and O–H groups in total. The molecule has 0 spiro atoms. The molecule has 8 nitrogen and oxygen atoms in total. The van der Waals surface area contributed by atoms with E-state index < -0.39 is 28.5 Å². The number of halogens is 1. The molecule has 0 radical (unpaired) electrons. The van der Waals surface area contributed by atoms with Crippen LogP contribution in [0.3, 0.4) is 0 Å². The zero-order chi connectivity index (χ0) is 34.0. The van der Waals surface area contributed by atoms with Crippen molar-refractivity contribution in [2.75, 3.05) is 24.5 Å². The highest BCUT2D eigenvalue weighted by Gasteiger charge is 2.35. The third-order valence-corrected chi connectivity index (χ3v) is 9.88. The van der Waals surface area contributed by atoms with Gasteiger partial charge < -0.3 is 15.0 Å². The molecule has 4 aromatic carbocycles. The molecule has 0 bridgehead atoms. The first-order valence-corrected chi connectivity index (χ1v) is 17.4. The van der Waals surface area contributed by atoms with Gasteiger partial charge >= 0.3 is 0 Å². The average molecular weight is 676 g/mol. The van der Waals surface area contributed by atoms with Gasteiger partial charge in [0.25, 0.3) is 10.0 Å². The molecule has 0 aliphatic carbocycles. The average Bonchev–Trinajstić information content (AvgIpc) is 3.06.